The highest BCUT2D eigenvalue weighted by molar-refractivity contribution is 7.89. The fourth-order valence-electron chi connectivity index (χ4n) is 4.07. The number of benzene rings is 2. The molecule has 2 aromatic carbocycles. The molecule has 0 aliphatic carbocycles. The van der Waals surface area contributed by atoms with Crippen molar-refractivity contribution in [3.8, 4) is 5.75 Å². The van der Waals surface area contributed by atoms with Gasteiger partial charge in [-0.25, -0.2) is 13.2 Å². The molecule has 176 valence electrons. The zero-order valence-corrected chi connectivity index (χ0v) is 19.6. The highest BCUT2D eigenvalue weighted by Gasteiger charge is 2.32. The predicted molar refractivity (Wildman–Crippen MR) is 123 cm³/mol. The number of carbonyl (C=O) groups is 2. The lowest BCUT2D eigenvalue weighted by molar-refractivity contribution is -0.125. The number of nitrogens with one attached hydrogen (secondary N) is 1. The van der Waals surface area contributed by atoms with Crippen molar-refractivity contribution in [3.63, 3.8) is 0 Å². The fraction of sp³-hybridized carbons (Fsp3) is 0.417. The third kappa shape index (κ3) is 5.04. The van der Waals surface area contributed by atoms with Crippen LogP contribution in [0.25, 0.3) is 0 Å². The molecular formula is C24H28N2O6S. The number of piperidine rings is 1. The van der Waals surface area contributed by atoms with Crippen LogP contribution in [0, 0.1) is 0 Å². The number of sulfonamides is 1. The maximum absolute atomic E-state index is 13.1. The average molecular weight is 473 g/mol. The van der Waals surface area contributed by atoms with Crippen LogP contribution >= 0.6 is 0 Å². The van der Waals surface area contributed by atoms with Crippen molar-refractivity contribution in [1.82, 2.24) is 4.31 Å². The number of esters is 1. The zero-order valence-electron chi connectivity index (χ0n) is 18.7. The van der Waals surface area contributed by atoms with Crippen molar-refractivity contribution < 1.29 is 27.5 Å². The van der Waals surface area contributed by atoms with Gasteiger partial charge in [-0.05, 0) is 56.5 Å². The minimum atomic E-state index is -3.70. The second-order valence-corrected chi connectivity index (χ2v) is 10.5. The first-order valence-electron chi connectivity index (χ1n) is 11.2. The van der Waals surface area contributed by atoms with E-state index in [1.54, 1.807) is 30.3 Å². The average Bonchev–Trinajstić information content (AvgIpc) is 2.80. The Hall–Kier alpha value is -2.91. The summed E-state index contributed by atoms with van der Waals surface area (Å²) in [4.78, 5) is 25.4. The number of rotatable bonds is 6. The minimum absolute atomic E-state index is 0.0850. The molecule has 0 aromatic heterocycles. The van der Waals surface area contributed by atoms with Crippen molar-refractivity contribution in [2.75, 3.05) is 18.4 Å². The third-order valence-electron chi connectivity index (χ3n) is 5.71. The Kier molecular flexibility index (Phi) is 6.71. The van der Waals surface area contributed by atoms with Crippen LogP contribution in [0.3, 0.4) is 0 Å². The first-order chi connectivity index (χ1) is 15.8. The molecule has 1 unspecified atom stereocenters. The van der Waals surface area contributed by atoms with Gasteiger partial charge in [0.2, 0.25) is 10.0 Å². The summed E-state index contributed by atoms with van der Waals surface area (Å²) >= 11 is 0. The molecule has 0 spiro atoms. The third-order valence-corrected chi connectivity index (χ3v) is 7.60. The largest absolute Gasteiger partial charge is 0.489 e. The predicted octanol–water partition coefficient (Wildman–Crippen LogP) is 3.37. The summed E-state index contributed by atoms with van der Waals surface area (Å²) in [6.45, 7) is 4.63. The van der Waals surface area contributed by atoms with Crippen LogP contribution in [0.5, 0.6) is 5.75 Å². The van der Waals surface area contributed by atoms with E-state index in [0.29, 0.717) is 24.4 Å². The lowest BCUT2D eigenvalue weighted by Gasteiger charge is -2.27. The lowest BCUT2D eigenvalue weighted by atomic mass is 9.98. The van der Waals surface area contributed by atoms with E-state index >= 15 is 0 Å². The topological polar surface area (TPSA) is 102 Å². The van der Waals surface area contributed by atoms with Crippen molar-refractivity contribution in [3.05, 3.63) is 53.6 Å². The molecular weight excluding hydrogens is 444 g/mol. The van der Waals surface area contributed by atoms with Gasteiger partial charge in [0.1, 0.15) is 5.75 Å². The number of ether oxygens (including phenoxy) is 2. The van der Waals surface area contributed by atoms with E-state index in [-0.39, 0.29) is 23.1 Å². The van der Waals surface area contributed by atoms with Gasteiger partial charge in [0.05, 0.1) is 22.3 Å². The summed E-state index contributed by atoms with van der Waals surface area (Å²) in [5.74, 6) is -0.755. The van der Waals surface area contributed by atoms with Gasteiger partial charge in [0, 0.05) is 19.5 Å². The number of hydrogen-bond acceptors (Lipinski definition) is 6. The van der Waals surface area contributed by atoms with Crippen molar-refractivity contribution in [2.24, 2.45) is 0 Å². The Morgan fingerprint density at radius 3 is 2.58 bits per heavy atom. The van der Waals surface area contributed by atoms with E-state index in [9.17, 15) is 18.0 Å². The van der Waals surface area contributed by atoms with Gasteiger partial charge in [-0.15, -0.1) is 0 Å². The van der Waals surface area contributed by atoms with Gasteiger partial charge < -0.3 is 14.8 Å². The second-order valence-electron chi connectivity index (χ2n) is 8.53. The molecule has 2 aliphatic rings. The number of anilines is 1. The maximum atomic E-state index is 13.1. The molecule has 1 N–H and O–H groups in total. The van der Waals surface area contributed by atoms with Crippen LogP contribution < -0.4 is 10.1 Å². The van der Waals surface area contributed by atoms with E-state index in [4.69, 9.17) is 9.47 Å². The van der Waals surface area contributed by atoms with Gasteiger partial charge in [-0.3, -0.25) is 4.79 Å². The SMILES string of the molecule is CC(C)Oc1ccc(S(=O)(=O)N2CCCCC2)cc1NC(=O)C1Cc2ccccc2C(=O)O1. The molecule has 9 heteroatoms. The molecule has 33 heavy (non-hydrogen) atoms. The summed E-state index contributed by atoms with van der Waals surface area (Å²) in [6, 6.07) is 11.5. The molecule has 1 saturated heterocycles. The van der Waals surface area contributed by atoms with E-state index in [1.165, 1.54) is 16.4 Å². The van der Waals surface area contributed by atoms with Crippen LogP contribution in [0.1, 0.15) is 49.0 Å². The van der Waals surface area contributed by atoms with Gasteiger partial charge in [-0.1, -0.05) is 24.6 Å². The van der Waals surface area contributed by atoms with Gasteiger partial charge in [-0.2, -0.15) is 4.31 Å². The summed E-state index contributed by atoms with van der Waals surface area (Å²) < 4.78 is 38.9. The van der Waals surface area contributed by atoms with Crippen molar-refractivity contribution in [2.45, 2.75) is 56.6 Å². The Morgan fingerprint density at radius 1 is 1.12 bits per heavy atom. The van der Waals surface area contributed by atoms with Gasteiger partial charge in [0.15, 0.2) is 6.10 Å². The molecule has 2 heterocycles. The van der Waals surface area contributed by atoms with Gasteiger partial charge >= 0.3 is 5.97 Å². The Bertz CT molecular complexity index is 1160. The molecule has 4 rings (SSSR count). The number of cyclic esters (lactones) is 1. The summed E-state index contributed by atoms with van der Waals surface area (Å²) in [5.41, 5.74) is 1.40. The van der Waals surface area contributed by atoms with E-state index < -0.39 is 28.0 Å². The monoisotopic (exact) mass is 472 g/mol. The molecule has 2 aromatic rings. The zero-order chi connectivity index (χ0) is 23.6. The lowest BCUT2D eigenvalue weighted by Crippen LogP contribution is -2.38. The molecule has 2 aliphatic heterocycles. The number of nitrogens with zero attached hydrogens (tertiary/aromatic N) is 1. The van der Waals surface area contributed by atoms with Crippen LogP contribution in [0.15, 0.2) is 47.4 Å². The number of hydrogen-bond donors (Lipinski definition) is 1. The fourth-order valence-corrected chi connectivity index (χ4v) is 5.61. The van der Waals surface area contributed by atoms with Crippen LogP contribution in [-0.4, -0.2) is 49.9 Å². The Balaban J connectivity index is 1.60. The first-order valence-corrected chi connectivity index (χ1v) is 12.6. The van der Waals surface area contributed by atoms with E-state index in [2.05, 4.69) is 5.32 Å². The molecule has 0 saturated carbocycles. The van der Waals surface area contributed by atoms with Crippen LogP contribution in [-0.2, 0) is 26.0 Å². The second kappa shape index (κ2) is 9.52. The molecule has 1 fully saturated rings. The van der Waals surface area contributed by atoms with E-state index in [1.807, 2.05) is 13.8 Å². The first kappa shape index (κ1) is 23.3. The van der Waals surface area contributed by atoms with Gasteiger partial charge in [0.25, 0.3) is 5.91 Å². The molecule has 1 amide bonds. The highest BCUT2D eigenvalue weighted by atomic mass is 32.2. The number of amides is 1. The van der Waals surface area contributed by atoms with Crippen LogP contribution in [0.2, 0.25) is 0 Å². The standard InChI is InChI=1S/C24H28N2O6S/c1-16(2)31-21-11-10-18(33(29,30)26-12-6-3-7-13-26)15-20(21)25-23(27)22-14-17-8-4-5-9-19(17)24(28)32-22/h4-5,8-11,15-16,22H,3,6-7,12-14H2,1-2H3,(H,25,27). The molecule has 0 radical (unpaired) electrons. The summed E-state index contributed by atoms with van der Waals surface area (Å²) in [7, 11) is -3.70. The maximum Gasteiger partial charge on any atom is 0.339 e. The Labute approximate surface area is 193 Å². The number of fused-ring (bicyclic) bond motifs is 1. The molecule has 1 atom stereocenters. The minimum Gasteiger partial charge on any atom is -0.489 e. The molecule has 8 nitrogen and oxygen atoms in total. The Morgan fingerprint density at radius 2 is 1.85 bits per heavy atom. The normalized spacial score (nSPS) is 19.0. The van der Waals surface area contributed by atoms with Crippen molar-refractivity contribution >= 4 is 27.6 Å². The summed E-state index contributed by atoms with van der Waals surface area (Å²) in [5, 5.41) is 2.73. The molecule has 0 bridgehead atoms. The highest BCUT2D eigenvalue weighted by Crippen LogP contribution is 2.32. The number of carbonyl (C=O) groups excluding carboxylic acids is 2. The summed E-state index contributed by atoms with van der Waals surface area (Å²) in [6.07, 6.45) is 1.68. The van der Waals surface area contributed by atoms with Crippen molar-refractivity contribution in [1.29, 1.82) is 0 Å². The van der Waals surface area contributed by atoms with E-state index in [0.717, 1.165) is 24.8 Å². The quantitative estimate of drug-likeness (QED) is 0.647. The smallest absolute Gasteiger partial charge is 0.339 e. The van der Waals surface area contributed by atoms with Crippen LogP contribution in [0.4, 0.5) is 5.69 Å².